The van der Waals surface area contributed by atoms with Gasteiger partial charge in [-0.1, -0.05) is 13.8 Å². The lowest BCUT2D eigenvalue weighted by molar-refractivity contribution is 0.0560. The fourth-order valence-corrected chi connectivity index (χ4v) is 2.87. The fourth-order valence-electron chi connectivity index (χ4n) is 1.98. The third kappa shape index (κ3) is 2.45. The van der Waals surface area contributed by atoms with Gasteiger partial charge in [0.25, 0.3) is 0 Å². The van der Waals surface area contributed by atoms with Gasteiger partial charge in [-0.05, 0) is 31.6 Å². The van der Waals surface area contributed by atoms with E-state index in [0.29, 0.717) is 25.7 Å². The van der Waals surface area contributed by atoms with Gasteiger partial charge in [0.05, 0.1) is 5.25 Å². The molecule has 1 aliphatic rings. The second-order valence-electron chi connectivity index (χ2n) is 4.48. The van der Waals surface area contributed by atoms with Crippen LogP contribution in [0.3, 0.4) is 0 Å². The van der Waals surface area contributed by atoms with Crippen molar-refractivity contribution in [1.29, 1.82) is 0 Å². The summed E-state index contributed by atoms with van der Waals surface area (Å²) >= 11 is 0. The molecule has 2 N–H and O–H groups in total. The second kappa shape index (κ2) is 3.77. The molecule has 0 aromatic rings. The van der Waals surface area contributed by atoms with Crippen LogP contribution in [0, 0.1) is 5.92 Å². The summed E-state index contributed by atoms with van der Waals surface area (Å²) in [4.78, 5) is 0. The summed E-state index contributed by atoms with van der Waals surface area (Å²) in [6, 6.07) is 0. The first kappa shape index (κ1) is 11.9. The van der Waals surface area contributed by atoms with E-state index in [1.54, 1.807) is 0 Å². The normalized spacial score (nSPS) is 34.8. The minimum Gasteiger partial charge on any atom is -0.244 e. The molecule has 1 fully saturated rings. The highest BCUT2D eigenvalue weighted by Crippen LogP contribution is 2.39. The maximum Gasteiger partial charge on any atom is 0.211 e. The van der Waals surface area contributed by atoms with Crippen LogP contribution in [0.4, 0.5) is 4.39 Å². The van der Waals surface area contributed by atoms with Crippen molar-refractivity contribution in [3.63, 3.8) is 0 Å². The Morgan fingerprint density at radius 1 is 1.36 bits per heavy atom. The van der Waals surface area contributed by atoms with E-state index in [2.05, 4.69) is 0 Å². The van der Waals surface area contributed by atoms with E-state index < -0.39 is 20.9 Å². The summed E-state index contributed by atoms with van der Waals surface area (Å²) in [5.41, 5.74) is -1.19. The highest BCUT2D eigenvalue weighted by molar-refractivity contribution is 7.89. The van der Waals surface area contributed by atoms with Gasteiger partial charge in [-0.3, -0.25) is 0 Å². The quantitative estimate of drug-likeness (QED) is 0.772. The van der Waals surface area contributed by atoms with Gasteiger partial charge in [0.2, 0.25) is 10.0 Å². The summed E-state index contributed by atoms with van der Waals surface area (Å²) in [7, 11) is -3.47. The highest BCUT2D eigenvalue weighted by Gasteiger charge is 2.40. The molecule has 0 saturated heterocycles. The summed E-state index contributed by atoms with van der Waals surface area (Å²) < 4.78 is 36.1. The lowest BCUT2D eigenvalue weighted by Crippen LogP contribution is -2.40. The van der Waals surface area contributed by atoms with E-state index in [1.165, 1.54) is 0 Å². The van der Waals surface area contributed by atoms with Crippen molar-refractivity contribution in [3.05, 3.63) is 0 Å². The Morgan fingerprint density at radius 3 is 2.07 bits per heavy atom. The predicted octanol–water partition coefficient (Wildman–Crippen LogP) is 1.58. The molecule has 84 valence electrons. The van der Waals surface area contributed by atoms with Crippen molar-refractivity contribution < 1.29 is 12.8 Å². The van der Waals surface area contributed by atoms with E-state index in [4.69, 9.17) is 5.14 Å². The van der Waals surface area contributed by atoms with Crippen molar-refractivity contribution in [2.75, 3.05) is 0 Å². The van der Waals surface area contributed by atoms with Crippen molar-refractivity contribution in [2.24, 2.45) is 11.1 Å². The number of primary sulfonamides is 1. The molecule has 0 heterocycles. The number of sulfonamides is 1. The predicted molar refractivity (Wildman–Crippen MR) is 54.0 cm³/mol. The molecular weight excluding hydrogens is 205 g/mol. The zero-order valence-corrected chi connectivity index (χ0v) is 9.48. The van der Waals surface area contributed by atoms with Crippen LogP contribution in [0.15, 0.2) is 0 Å². The molecule has 0 unspecified atom stereocenters. The molecule has 0 amide bonds. The van der Waals surface area contributed by atoms with Crippen molar-refractivity contribution in [1.82, 2.24) is 0 Å². The average Bonchev–Trinajstić information content (AvgIpc) is 2.03. The van der Waals surface area contributed by atoms with Gasteiger partial charge in [0, 0.05) is 0 Å². The first-order valence-corrected chi connectivity index (χ1v) is 6.57. The van der Waals surface area contributed by atoms with E-state index in [-0.39, 0.29) is 5.92 Å². The fraction of sp³-hybridized carbons (Fsp3) is 1.00. The zero-order chi connectivity index (χ0) is 11.0. The summed E-state index contributed by atoms with van der Waals surface area (Å²) in [5, 5.41) is 4.49. The van der Waals surface area contributed by atoms with Crippen LogP contribution in [-0.4, -0.2) is 19.3 Å². The molecule has 0 atom stereocenters. The number of hydrogen-bond acceptors (Lipinski definition) is 2. The second-order valence-corrected chi connectivity index (χ2v) is 6.32. The first-order valence-electron chi connectivity index (χ1n) is 4.96. The molecule has 0 spiro atoms. The van der Waals surface area contributed by atoms with Crippen molar-refractivity contribution in [3.8, 4) is 0 Å². The van der Waals surface area contributed by atoms with Crippen molar-refractivity contribution >= 4 is 10.0 Å². The Kier molecular flexibility index (Phi) is 3.21. The van der Waals surface area contributed by atoms with Gasteiger partial charge in [-0.25, -0.2) is 17.9 Å². The van der Waals surface area contributed by atoms with Crippen LogP contribution in [0.2, 0.25) is 0 Å². The highest BCUT2D eigenvalue weighted by atomic mass is 32.2. The standard InChI is InChI=1S/C9H18FNO2S/c1-7(2)9(10)5-3-8(4-6-9)14(11,12)13/h7-8H,3-6H2,1-2H3,(H2,11,12,13). The Hall–Kier alpha value is -0.160. The van der Waals surface area contributed by atoms with Crippen LogP contribution < -0.4 is 5.14 Å². The van der Waals surface area contributed by atoms with Gasteiger partial charge in [0.1, 0.15) is 5.67 Å². The van der Waals surface area contributed by atoms with Crippen LogP contribution in [0.5, 0.6) is 0 Å². The largest absolute Gasteiger partial charge is 0.244 e. The zero-order valence-electron chi connectivity index (χ0n) is 8.66. The molecule has 5 heteroatoms. The van der Waals surface area contributed by atoms with E-state index in [0.717, 1.165) is 0 Å². The molecule has 0 radical (unpaired) electrons. The molecule has 0 aromatic heterocycles. The van der Waals surface area contributed by atoms with E-state index >= 15 is 0 Å². The molecule has 0 aliphatic heterocycles. The van der Waals surface area contributed by atoms with Crippen LogP contribution in [0.25, 0.3) is 0 Å². The average molecular weight is 223 g/mol. The number of hydrogen-bond donors (Lipinski definition) is 1. The van der Waals surface area contributed by atoms with Crippen LogP contribution in [0.1, 0.15) is 39.5 Å². The molecule has 1 aliphatic carbocycles. The smallest absolute Gasteiger partial charge is 0.211 e. The van der Waals surface area contributed by atoms with Crippen LogP contribution in [-0.2, 0) is 10.0 Å². The third-order valence-corrected chi connectivity index (χ3v) is 4.66. The Balaban J connectivity index is 2.63. The number of rotatable bonds is 2. The molecule has 3 nitrogen and oxygen atoms in total. The molecule has 1 rings (SSSR count). The van der Waals surface area contributed by atoms with E-state index in [9.17, 15) is 12.8 Å². The van der Waals surface area contributed by atoms with Gasteiger partial charge in [0.15, 0.2) is 0 Å². The Labute approximate surface area is 84.9 Å². The lowest BCUT2D eigenvalue weighted by atomic mass is 9.79. The maximum absolute atomic E-state index is 14.0. The number of alkyl halides is 1. The summed E-state index contributed by atoms with van der Waals surface area (Å²) in [6.07, 6.45) is 1.33. The topological polar surface area (TPSA) is 60.2 Å². The lowest BCUT2D eigenvalue weighted by Gasteiger charge is -2.35. The van der Waals surface area contributed by atoms with Gasteiger partial charge in [-0.2, -0.15) is 0 Å². The Morgan fingerprint density at radius 2 is 1.79 bits per heavy atom. The SMILES string of the molecule is CC(C)C1(F)CCC(S(N)(=O)=O)CC1. The molecule has 0 aromatic carbocycles. The Bertz CT molecular complexity index is 292. The van der Waals surface area contributed by atoms with Gasteiger partial charge < -0.3 is 0 Å². The molecule has 14 heavy (non-hydrogen) atoms. The minimum absolute atomic E-state index is 0.0519. The summed E-state index contributed by atoms with van der Waals surface area (Å²) in [5.74, 6) is -0.0519. The monoisotopic (exact) mass is 223 g/mol. The molecular formula is C9H18FNO2S. The molecule has 0 bridgehead atoms. The maximum atomic E-state index is 14.0. The molecule has 1 saturated carbocycles. The van der Waals surface area contributed by atoms with Gasteiger partial charge in [-0.15, -0.1) is 0 Å². The number of halogens is 1. The third-order valence-electron chi connectivity index (χ3n) is 3.26. The van der Waals surface area contributed by atoms with Gasteiger partial charge >= 0.3 is 0 Å². The van der Waals surface area contributed by atoms with E-state index in [1.807, 2.05) is 13.8 Å². The minimum atomic E-state index is -3.47. The van der Waals surface area contributed by atoms with Crippen LogP contribution >= 0.6 is 0 Å². The number of nitrogens with two attached hydrogens (primary N) is 1. The van der Waals surface area contributed by atoms with Crippen molar-refractivity contribution in [2.45, 2.75) is 50.4 Å². The summed E-state index contributed by atoms with van der Waals surface area (Å²) in [6.45, 7) is 3.66. The first-order chi connectivity index (χ1) is 6.26.